The smallest absolute Gasteiger partial charge is 0.428 e. The number of ether oxygens (including phenoxy) is 2. The Morgan fingerprint density at radius 3 is 2.32 bits per heavy atom. The highest BCUT2D eigenvalue weighted by molar-refractivity contribution is 5.63. The summed E-state index contributed by atoms with van der Waals surface area (Å²) in [6.45, 7) is 0.907. The van der Waals surface area contributed by atoms with Gasteiger partial charge in [-0.05, 0) is 12.1 Å². The van der Waals surface area contributed by atoms with Crippen molar-refractivity contribution in [3.05, 3.63) is 34.4 Å². The van der Waals surface area contributed by atoms with Crippen molar-refractivity contribution in [1.29, 1.82) is 0 Å². The first-order valence-corrected chi connectivity index (χ1v) is 5.67. The molecule has 0 fully saturated rings. The van der Waals surface area contributed by atoms with E-state index in [2.05, 4.69) is 0 Å². The van der Waals surface area contributed by atoms with Gasteiger partial charge in [-0.2, -0.15) is 0 Å². The van der Waals surface area contributed by atoms with Crippen LogP contribution in [-0.4, -0.2) is 49.9 Å². The number of rotatable bonds is 5. The third-order valence-electron chi connectivity index (χ3n) is 2.23. The molecule has 7 nitrogen and oxygen atoms in total. The highest BCUT2D eigenvalue weighted by atomic mass is 16.7. The summed E-state index contributed by atoms with van der Waals surface area (Å²) < 4.78 is 10.4. The standard InChI is InChI=1S/C12H17N2O5/c1-14(2,3)8-9-18-12(15)19-11-6-4-10(5-7-11)13(16)17/h4-7H,8-9H2,1-3H3/q+1. The van der Waals surface area contributed by atoms with Crippen LogP contribution in [0.3, 0.4) is 0 Å². The monoisotopic (exact) mass is 269 g/mol. The normalized spacial score (nSPS) is 10.9. The molecular formula is C12H17N2O5+. The SMILES string of the molecule is C[N+](C)(C)CCOC(=O)Oc1ccc([N+](=O)[O-])cc1. The van der Waals surface area contributed by atoms with Gasteiger partial charge in [0.05, 0.1) is 26.1 Å². The first-order valence-electron chi connectivity index (χ1n) is 5.67. The molecular weight excluding hydrogens is 252 g/mol. The summed E-state index contributed by atoms with van der Waals surface area (Å²) in [4.78, 5) is 21.2. The number of carbonyl (C=O) groups is 1. The van der Waals surface area contributed by atoms with Crippen LogP contribution in [0.2, 0.25) is 0 Å². The molecule has 0 N–H and O–H groups in total. The number of carbonyl (C=O) groups excluding carboxylic acids is 1. The molecule has 0 aliphatic heterocycles. The Morgan fingerprint density at radius 1 is 1.26 bits per heavy atom. The van der Waals surface area contributed by atoms with Crippen LogP contribution in [0.15, 0.2) is 24.3 Å². The zero-order valence-corrected chi connectivity index (χ0v) is 11.2. The van der Waals surface area contributed by atoms with Gasteiger partial charge >= 0.3 is 6.16 Å². The van der Waals surface area contributed by atoms with E-state index in [1.165, 1.54) is 24.3 Å². The molecule has 0 aliphatic carbocycles. The Morgan fingerprint density at radius 2 is 1.84 bits per heavy atom. The summed E-state index contributed by atoms with van der Waals surface area (Å²) in [5, 5.41) is 10.4. The first-order chi connectivity index (χ1) is 8.78. The van der Waals surface area contributed by atoms with Gasteiger partial charge < -0.3 is 14.0 Å². The molecule has 1 aromatic rings. The summed E-state index contributed by atoms with van der Waals surface area (Å²) in [7, 11) is 5.93. The lowest BCUT2D eigenvalue weighted by Gasteiger charge is -2.23. The van der Waals surface area contributed by atoms with Crippen molar-refractivity contribution in [3.63, 3.8) is 0 Å². The van der Waals surface area contributed by atoms with Crippen molar-refractivity contribution in [3.8, 4) is 5.75 Å². The van der Waals surface area contributed by atoms with Gasteiger partial charge in [-0.25, -0.2) is 4.79 Å². The lowest BCUT2D eigenvalue weighted by atomic mass is 10.3. The molecule has 0 radical (unpaired) electrons. The number of non-ortho nitro benzene ring substituents is 1. The van der Waals surface area contributed by atoms with E-state index in [4.69, 9.17) is 9.47 Å². The highest BCUT2D eigenvalue weighted by Crippen LogP contribution is 2.17. The maximum absolute atomic E-state index is 11.3. The van der Waals surface area contributed by atoms with Crippen molar-refractivity contribution in [2.24, 2.45) is 0 Å². The van der Waals surface area contributed by atoms with Crippen molar-refractivity contribution < 1.29 is 23.7 Å². The molecule has 0 heterocycles. The summed E-state index contributed by atoms with van der Waals surface area (Å²) in [5.74, 6) is 0.209. The molecule has 19 heavy (non-hydrogen) atoms. The first kappa shape index (κ1) is 14.9. The number of nitrogens with zero attached hydrogens (tertiary/aromatic N) is 2. The van der Waals surface area contributed by atoms with Crippen LogP contribution in [0, 0.1) is 10.1 Å². The van der Waals surface area contributed by atoms with Crippen LogP contribution >= 0.6 is 0 Å². The van der Waals surface area contributed by atoms with Gasteiger partial charge in [-0.15, -0.1) is 0 Å². The molecule has 0 unspecified atom stereocenters. The Labute approximate surface area is 111 Å². The molecule has 0 bridgehead atoms. The molecule has 0 saturated heterocycles. The van der Waals surface area contributed by atoms with E-state index >= 15 is 0 Å². The molecule has 0 aliphatic rings. The largest absolute Gasteiger partial charge is 0.514 e. The maximum atomic E-state index is 11.3. The molecule has 0 amide bonds. The third-order valence-corrected chi connectivity index (χ3v) is 2.23. The number of hydrogen-bond donors (Lipinski definition) is 0. The van der Waals surface area contributed by atoms with E-state index in [-0.39, 0.29) is 18.0 Å². The van der Waals surface area contributed by atoms with E-state index in [1.54, 1.807) is 0 Å². The predicted octanol–water partition coefficient (Wildman–Crippen LogP) is 1.82. The number of hydrogen-bond acceptors (Lipinski definition) is 5. The second-order valence-corrected chi connectivity index (χ2v) is 4.97. The average Bonchev–Trinajstić information content (AvgIpc) is 2.27. The van der Waals surface area contributed by atoms with Crippen LogP contribution in [0.4, 0.5) is 10.5 Å². The molecule has 0 atom stereocenters. The summed E-state index contributed by atoms with van der Waals surface area (Å²) in [6, 6.07) is 5.21. The van der Waals surface area contributed by atoms with E-state index in [9.17, 15) is 14.9 Å². The quantitative estimate of drug-likeness (QED) is 0.268. The minimum absolute atomic E-state index is 0.0641. The van der Waals surface area contributed by atoms with Crippen molar-refractivity contribution in [1.82, 2.24) is 0 Å². The van der Waals surface area contributed by atoms with Crippen LogP contribution < -0.4 is 4.74 Å². The van der Waals surface area contributed by atoms with Crippen molar-refractivity contribution in [2.45, 2.75) is 0 Å². The van der Waals surface area contributed by atoms with E-state index < -0.39 is 11.1 Å². The van der Waals surface area contributed by atoms with Crippen molar-refractivity contribution >= 4 is 11.8 Å². The molecule has 1 aromatic carbocycles. The molecule has 0 spiro atoms. The lowest BCUT2D eigenvalue weighted by Crippen LogP contribution is -2.38. The minimum Gasteiger partial charge on any atom is -0.428 e. The van der Waals surface area contributed by atoms with Crippen LogP contribution in [-0.2, 0) is 4.74 Å². The second kappa shape index (κ2) is 6.14. The second-order valence-electron chi connectivity index (χ2n) is 4.97. The van der Waals surface area contributed by atoms with E-state index in [0.717, 1.165) is 0 Å². The minimum atomic E-state index is -0.817. The lowest BCUT2D eigenvalue weighted by molar-refractivity contribution is -0.870. The fourth-order valence-electron chi connectivity index (χ4n) is 1.16. The molecule has 7 heteroatoms. The Hall–Kier alpha value is -2.15. The zero-order valence-electron chi connectivity index (χ0n) is 11.2. The summed E-state index contributed by atoms with van der Waals surface area (Å²) in [5.41, 5.74) is -0.0641. The van der Waals surface area contributed by atoms with Crippen LogP contribution in [0.25, 0.3) is 0 Å². The summed E-state index contributed by atoms with van der Waals surface area (Å²) >= 11 is 0. The van der Waals surface area contributed by atoms with Gasteiger partial charge in [0.1, 0.15) is 18.9 Å². The average molecular weight is 269 g/mol. The van der Waals surface area contributed by atoms with E-state index in [1.807, 2.05) is 21.1 Å². The number of nitro benzene ring substituents is 1. The van der Waals surface area contributed by atoms with E-state index in [0.29, 0.717) is 11.0 Å². The fraction of sp³-hybridized carbons (Fsp3) is 0.417. The predicted molar refractivity (Wildman–Crippen MR) is 68.0 cm³/mol. The van der Waals surface area contributed by atoms with Gasteiger partial charge in [0.2, 0.25) is 0 Å². The summed E-state index contributed by atoms with van der Waals surface area (Å²) in [6.07, 6.45) is -0.817. The number of benzene rings is 1. The molecule has 1 rings (SSSR count). The van der Waals surface area contributed by atoms with Crippen LogP contribution in [0.5, 0.6) is 5.75 Å². The topological polar surface area (TPSA) is 78.7 Å². The zero-order chi connectivity index (χ0) is 14.5. The molecule has 104 valence electrons. The molecule has 0 saturated carbocycles. The highest BCUT2D eigenvalue weighted by Gasteiger charge is 2.12. The Kier molecular flexibility index (Phi) is 4.82. The molecule has 0 aromatic heterocycles. The maximum Gasteiger partial charge on any atom is 0.514 e. The number of nitro groups is 1. The van der Waals surface area contributed by atoms with Gasteiger partial charge in [0.25, 0.3) is 5.69 Å². The van der Waals surface area contributed by atoms with Gasteiger partial charge in [-0.1, -0.05) is 0 Å². The Bertz CT molecular complexity index is 450. The van der Waals surface area contributed by atoms with Gasteiger partial charge in [0, 0.05) is 12.1 Å². The third kappa shape index (κ3) is 5.82. The fourth-order valence-corrected chi connectivity index (χ4v) is 1.16. The van der Waals surface area contributed by atoms with Gasteiger partial charge in [0.15, 0.2) is 0 Å². The van der Waals surface area contributed by atoms with Crippen molar-refractivity contribution in [2.75, 3.05) is 34.3 Å². The Balaban J connectivity index is 2.42. The van der Waals surface area contributed by atoms with Crippen LogP contribution in [0.1, 0.15) is 0 Å². The van der Waals surface area contributed by atoms with Gasteiger partial charge in [-0.3, -0.25) is 10.1 Å². The number of quaternary nitrogens is 1. The number of likely N-dealkylation sites (N-methyl/N-ethyl adjacent to an activating group) is 1.